The van der Waals surface area contributed by atoms with Crippen LogP contribution in [0.2, 0.25) is 0 Å². The SMILES string of the molecule is CC(C)(C)OC(=O)CCCCn1cnc(Br)c1. The molecule has 0 aliphatic carbocycles. The van der Waals surface area contributed by atoms with E-state index in [1.54, 1.807) is 6.33 Å². The van der Waals surface area contributed by atoms with Gasteiger partial charge in [0.15, 0.2) is 0 Å². The van der Waals surface area contributed by atoms with E-state index in [1.807, 2.05) is 31.5 Å². The number of esters is 1. The van der Waals surface area contributed by atoms with Crippen molar-refractivity contribution < 1.29 is 9.53 Å². The van der Waals surface area contributed by atoms with E-state index < -0.39 is 0 Å². The lowest BCUT2D eigenvalue weighted by atomic mass is 10.2. The third-order valence-electron chi connectivity index (χ3n) is 2.07. The highest BCUT2D eigenvalue weighted by atomic mass is 79.9. The summed E-state index contributed by atoms with van der Waals surface area (Å²) < 4.78 is 8.07. The number of nitrogens with zero attached hydrogens (tertiary/aromatic N) is 2. The molecule has 0 bridgehead atoms. The molecule has 4 nitrogen and oxygen atoms in total. The van der Waals surface area contributed by atoms with Crippen LogP contribution in [0, 0.1) is 0 Å². The summed E-state index contributed by atoms with van der Waals surface area (Å²) in [5.41, 5.74) is -0.383. The highest BCUT2D eigenvalue weighted by Gasteiger charge is 2.15. The number of aromatic nitrogens is 2. The van der Waals surface area contributed by atoms with Crippen molar-refractivity contribution >= 4 is 21.9 Å². The van der Waals surface area contributed by atoms with Gasteiger partial charge in [0.2, 0.25) is 0 Å². The van der Waals surface area contributed by atoms with Gasteiger partial charge in [0, 0.05) is 19.2 Å². The first-order valence-corrected chi connectivity index (χ1v) is 6.55. The second-order valence-corrected chi connectivity index (χ2v) is 5.79. The molecule has 1 heterocycles. The summed E-state index contributed by atoms with van der Waals surface area (Å²) >= 11 is 3.29. The fraction of sp³-hybridized carbons (Fsp3) is 0.667. The Hall–Kier alpha value is -0.840. The van der Waals surface area contributed by atoms with Gasteiger partial charge in [-0.15, -0.1) is 0 Å². The van der Waals surface area contributed by atoms with E-state index in [-0.39, 0.29) is 11.6 Å². The van der Waals surface area contributed by atoms with Gasteiger partial charge in [-0.2, -0.15) is 0 Å². The van der Waals surface area contributed by atoms with Crippen LogP contribution in [0.15, 0.2) is 17.1 Å². The van der Waals surface area contributed by atoms with Crippen molar-refractivity contribution in [2.24, 2.45) is 0 Å². The van der Waals surface area contributed by atoms with Crippen LogP contribution in [-0.4, -0.2) is 21.1 Å². The lowest BCUT2D eigenvalue weighted by Crippen LogP contribution is -2.23. The maximum absolute atomic E-state index is 11.4. The van der Waals surface area contributed by atoms with E-state index >= 15 is 0 Å². The third-order valence-corrected chi connectivity index (χ3v) is 2.48. The molecule has 0 saturated heterocycles. The zero-order valence-corrected chi connectivity index (χ0v) is 12.2. The maximum atomic E-state index is 11.4. The Bertz CT molecular complexity index is 369. The quantitative estimate of drug-likeness (QED) is 0.620. The normalized spacial score (nSPS) is 11.5. The summed E-state index contributed by atoms with van der Waals surface area (Å²) in [6, 6.07) is 0. The van der Waals surface area contributed by atoms with Crippen molar-refractivity contribution in [3.8, 4) is 0 Å². The first kappa shape index (κ1) is 14.2. The van der Waals surface area contributed by atoms with Crippen LogP contribution in [0.5, 0.6) is 0 Å². The fourth-order valence-electron chi connectivity index (χ4n) is 1.41. The molecule has 1 aromatic heterocycles. The van der Waals surface area contributed by atoms with E-state index in [9.17, 15) is 4.79 Å². The minimum atomic E-state index is -0.383. The van der Waals surface area contributed by atoms with Crippen molar-refractivity contribution in [2.75, 3.05) is 0 Å². The summed E-state index contributed by atoms with van der Waals surface area (Å²) in [4.78, 5) is 15.5. The van der Waals surface area contributed by atoms with Gasteiger partial charge in [-0.25, -0.2) is 4.98 Å². The highest BCUT2D eigenvalue weighted by molar-refractivity contribution is 9.10. The molecule has 0 fully saturated rings. The molecule has 0 aliphatic rings. The van der Waals surface area contributed by atoms with Crippen LogP contribution in [0.25, 0.3) is 0 Å². The summed E-state index contributed by atoms with van der Waals surface area (Å²) in [7, 11) is 0. The Morgan fingerprint density at radius 3 is 2.71 bits per heavy atom. The zero-order chi connectivity index (χ0) is 12.9. The van der Waals surface area contributed by atoms with Crippen LogP contribution in [-0.2, 0) is 16.1 Å². The van der Waals surface area contributed by atoms with E-state index in [2.05, 4.69) is 20.9 Å². The average molecular weight is 303 g/mol. The molecule has 5 heteroatoms. The monoisotopic (exact) mass is 302 g/mol. The fourth-order valence-corrected chi connectivity index (χ4v) is 1.77. The number of carbonyl (C=O) groups is 1. The largest absolute Gasteiger partial charge is 0.460 e. The number of hydrogen-bond donors (Lipinski definition) is 0. The van der Waals surface area contributed by atoms with Crippen LogP contribution < -0.4 is 0 Å². The third kappa shape index (κ3) is 6.46. The van der Waals surface area contributed by atoms with Crippen molar-refractivity contribution in [2.45, 2.75) is 52.2 Å². The molecule has 0 aliphatic heterocycles. The van der Waals surface area contributed by atoms with Gasteiger partial charge >= 0.3 is 5.97 Å². The Labute approximate surface area is 110 Å². The number of rotatable bonds is 5. The molecule has 0 unspecified atom stereocenters. The Kier molecular flexibility index (Phi) is 5.18. The number of aryl methyl sites for hydroxylation is 1. The van der Waals surface area contributed by atoms with Crippen molar-refractivity contribution in [1.29, 1.82) is 0 Å². The summed E-state index contributed by atoms with van der Waals surface area (Å²) in [5.74, 6) is -0.121. The standard InChI is InChI=1S/C12H19BrN2O2/c1-12(2,3)17-11(16)6-4-5-7-15-8-10(13)14-9-15/h8-9H,4-7H2,1-3H3. The highest BCUT2D eigenvalue weighted by Crippen LogP contribution is 2.11. The van der Waals surface area contributed by atoms with Crippen LogP contribution in [0.1, 0.15) is 40.0 Å². The van der Waals surface area contributed by atoms with Crippen molar-refractivity contribution in [3.05, 3.63) is 17.1 Å². The number of carbonyl (C=O) groups excluding carboxylic acids is 1. The topological polar surface area (TPSA) is 44.1 Å². The van der Waals surface area contributed by atoms with Gasteiger partial charge < -0.3 is 9.30 Å². The van der Waals surface area contributed by atoms with Crippen LogP contribution in [0.3, 0.4) is 0 Å². The molecule has 0 aromatic carbocycles. The number of hydrogen-bond acceptors (Lipinski definition) is 3. The molecular weight excluding hydrogens is 284 g/mol. The lowest BCUT2D eigenvalue weighted by molar-refractivity contribution is -0.154. The molecule has 0 amide bonds. The van der Waals surface area contributed by atoms with E-state index in [4.69, 9.17) is 4.74 Å². The number of unbranched alkanes of at least 4 members (excludes halogenated alkanes) is 1. The molecule has 1 rings (SSSR count). The molecular formula is C12H19BrN2O2. The van der Waals surface area contributed by atoms with Gasteiger partial charge in [-0.1, -0.05) is 0 Å². The minimum absolute atomic E-state index is 0.121. The molecule has 17 heavy (non-hydrogen) atoms. The maximum Gasteiger partial charge on any atom is 0.306 e. The summed E-state index contributed by atoms with van der Waals surface area (Å²) in [6.45, 7) is 6.52. The second kappa shape index (κ2) is 6.19. The summed E-state index contributed by atoms with van der Waals surface area (Å²) in [5, 5.41) is 0. The predicted octanol–water partition coefficient (Wildman–Crippen LogP) is 3.16. The van der Waals surface area contributed by atoms with Gasteiger partial charge in [0.1, 0.15) is 10.2 Å². The molecule has 0 spiro atoms. The van der Waals surface area contributed by atoms with Gasteiger partial charge in [0.25, 0.3) is 0 Å². The molecule has 0 saturated carbocycles. The van der Waals surface area contributed by atoms with Crippen LogP contribution in [0.4, 0.5) is 0 Å². The lowest BCUT2D eigenvalue weighted by Gasteiger charge is -2.19. The van der Waals surface area contributed by atoms with E-state index in [0.29, 0.717) is 6.42 Å². The Morgan fingerprint density at radius 2 is 2.18 bits per heavy atom. The van der Waals surface area contributed by atoms with E-state index in [0.717, 1.165) is 24.0 Å². The first-order valence-electron chi connectivity index (χ1n) is 5.76. The Balaban J connectivity index is 2.14. The average Bonchev–Trinajstić information content (AvgIpc) is 2.56. The molecule has 96 valence electrons. The first-order chi connectivity index (χ1) is 7.87. The molecule has 0 atom stereocenters. The van der Waals surface area contributed by atoms with Gasteiger partial charge in [0.05, 0.1) is 6.33 Å². The van der Waals surface area contributed by atoms with Gasteiger partial charge in [-0.05, 0) is 49.5 Å². The van der Waals surface area contributed by atoms with Crippen molar-refractivity contribution in [1.82, 2.24) is 9.55 Å². The van der Waals surface area contributed by atoms with Crippen molar-refractivity contribution in [3.63, 3.8) is 0 Å². The van der Waals surface area contributed by atoms with Gasteiger partial charge in [-0.3, -0.25) is 4.79 Å². The van der Waals surface area contributed by atoms with Crippen LogP contribution >= 0.6 is 15.9 Å². The smallest absolute Gasteiger partial charge is 0.306 e. The molecule has 1 aromatic rings. The second-order valence-electron chi connectivity index (χ2n) is 4.98. The predicted molar refractivity (Wildman–Crippen MR) is 69.6 cm³/mol. The summed E-state index contributed by atoms with van der Waals surface area (Å²) in [6.07, 6.45) is 5.96. The number of halogens is 1. The number of ether oxygens (including phenoxy) is 1. The zero-order valence-electron chi connectivity index (χ0n) is 10.6. The molecule has 0 radical (unpaired) electrons. The number of imidazole rings is 1. The Morgan fingerprint density at radius 1 is 1.47 bits per heavy atom. The van der Waals surface area contributed by atoms with E-state index in [1.165, 1.54) is 0 Å². The minimum Gasteiger partial charge on any atom is -0.460 e. The molecule has 0 N–H and O–H groups in total.